The summed E-state index contributed by atoms with van der Waals surface area (Å²) in [5.74, 6) is -0.183. The monoisotopic (exact) mass is 1910 g/mol. The number of hydrogen-bond donors (Lipinski definition) is 0. The van der Waals surface area contributed by atoms with Crippen molar-refractivity contribution in [2.75, 3.05) is 122 Å². The van der Waals surface area contributed by atoms with Gasteiger partial charge in [-0.15, -0.1) is 5.10 Å². The molecule has 0 spiro atoms. The molecule has 5 aliphatic rings. The van der Waals surface area contributed by atoms with Crippen LogP contribution in [0.1, 0.15) is 189 Å². The summed E-state index contributed by atoms with van der Waals surface area (Å²) < 4.78 is 5.33. The number of nitrogens with zero attached hydrogens (tertiary/aromatic N) is 15. The van der Waals surface area contributed by atoms with Crippen LogP contribution in [0.25, 0.3) is 30.4 Å². The summed E-state index contributed by atoms with van der Waals surface area (Å²) in [6, 6.07) is 97.3. The minimum atomic E-state index is -0.236. The van der Waals surface area contributed by atoms with E-state index in [1.165, 1.54) is 74.8 Å². The van der Waals surface area contributed by atoms with Crippen LogP contribution in [0.4, 0.5) is 56.9 Å². The largest absolute Gasteiger partial charge is 0.479 e. The number of methoxy groups -OCH3 is 1. The molecule has 0 atom stereocenters. The number of benzene rings is 11. The fourth-order valence-electron chi connectivity index (χ4n) is 17.4. The van der Waals surface area contributed by atoms with Crippen molar-refractivity contribution in [3.8, 4) is 0 Å². The third-order valence-electron chi connectivity index (χ3n) is 25.4. The van der Waals surface area contributed by atoms with Crippen molar-refractivity contribution in [3.05, 3.63) is 364 Å². The summed E-state index contributed by atoms with van der Waals surface area (Å²) in [5, 5.41) is 30.5. The maximum atomic E-state index is 13.3. The Morgan fingerprint density at radius 2 is 0.566 bits per heavy atom. The van der Waals surface area contributed by atoms with Crippen molar-refractivity contribution >= 4 is 146 Å². The first-order chi connectivity index (χ1) is 69.2. The molecule has 0 aromatic heterocycles. The molecule has 0 unspecified atom stereocenters. The summed E-state index contributed by atoms with van der Waals surface area (Å²) in [6.45, 7) is 48.1. The Hall–Kier alpha value is -15.4. The SMILES string of the molecule is CCCCCCC1=NN(c2ccccc2)C(=O)/C1=C\c1ccc(N(CC)CC)cc1.CCN(CC)c1ccc(/C=C2\C(=O)N(c3ccccc3)N=C2C(C)(C)C)c(C)c1.CCN(CC)c1ccc(/C=C2\C(=O)N(c3ccccc3)N=C2C(C)(C)C)cc1.CCN(CC)c1ccc(/C=C2\C(=O)N(c3ccccc3)N=C2OC)cc1.CCN(CC)c1ccc(/C=C2\C(=O)N(c3ccccc3)N=C2c2ccccc2)cc1. The van der Waals surface area contributed by atoms with E-state index in [0.717, 1.165) is 157 Å². The molecule has 0 radical (unpaired) electrons. The zero-order chi connectivity index (χ0) is 102. The average Bonchev–Trinajstić information content (AvgIpc) is 1.65. The maximum Gasteiger partial charge on any atom is 0.284 e. The van der Waals surface area contributed by atoms with E-state index in [0.29, 0.717) is 45.2 Å². The number of rotatable bonds is 31. The predicted octanol–water partition coefficient (Wildman–Crippen LogP) is 26.6. The van der Waals surface area contributed by atoms with Crippen LogP contribution in [-0.4, -0.2) is 131 Å². The fraction of sp³-hybridized carbons (Fsp3) is 0.295. The Balaban J connectivity index is 0.000000160. The van der Waals surface area contributed by atoms with Gasteiger partial charge in [-0.3, -0.25) is 24.0 Å². The first-order valence-corrected chi connectivity index (χ1v) is 50.5. The molecule has 21 heteroatoms. The van der Waals surface area contributed by atoms with Crippen molar-refractivity contribution in [1.29, 1.82) is 0 Å². The van der Waals surface area contributed by atoms with Crippen LogP contribution < -0.4 is 49.5 Å². The lowest BCUT2D eigenvalue weighted by Gasteiger charge is -2.22. The number of hydrazone groups is 5. The summed E-state index contributed by atoms with van der Waals surface area (Å²) in [7, 11) is 1.53. The number of para-hydroxylation sites is 5. The van der Waals surface area contributed by atoms with Gasteiger partial charge >= 0.3 is 0 Å². The van der Waals surface area contributed by atoms with E-state index in [1.807, 2.05) is 225 Å². The van der Waals surface area contributed by atoms with Crippen LogP contribution in [-0.2, 0) is 28.7 Å². The van der Waals surface area contributed by atoms with E-state index < -0.39 is 0 Å². The molecule has 0 aliphatic carbocycles. The maximum absolute atomic E-state index is 13.3. The van der Waals surface area contributed by atoms with Crippen LogP contribution in [0.3, 0.4) is 0 Å². The third-order valence-corrected chi connectivity index (χ3v) is 25.4. The van der Waals surface area contributed by atoms with Gasteiger partial charge in [0.05, 0.1) is 75.0 Å². The van der Waals surface area contributed by atoms with Gasteiger partial charge in [0.15, 0.2) is 0 Å². The summed E-state index contributed by atoms with van der Waals surface area (Å²) >= 11 is 0. The third kappa shape index (κ3) is 27.1. The Labute approximate surface area is 848 Å². The molecule has 0 saturated carbocycles. The number of ether oxygens (including phenoxy) is 1. The van der Waals surface area contributed by atoms with Gasteiger partial charge in [-0.1, -0.05) is 244 Å². The first kappa shape index (κ1) is 106. The van der Waals surface area contributed by atoms with Crippen LogP contribution >= 0.6 is 0 Å². The van der Waals surface area contributed by atoms with E-state index >= 15 is 0 Å². The van der Waals surface area contributed by atoms with Gasteiger partial charge in [-0.25, -0.2) is 0 Å². The molecule has 0 N–H and O–H groups in total. The first-order valence-electron chi connectivity index (χ1n) is 50.5. The van der Waals surface area contributed by atoms with Gasteiger partial charge in [-0.2, -0.15) is 45.5 Å². The van der Waals surface area contributed by atoms with Crippen LogP contribution in [0.15, 0.2) is 351 Å². The molecule has 740 valence electrons. The molecule has 0 fully saturated rings. The van der Waals surface area contributed by atoms with Crippen molar-refractivity contribution in [3.63, 3.8) is 0 Å². The van der Waals surface area contributed by atoms with E-state index in [-0.39, 0.29) is 40.4 Å². The lowest BCUT2D eigenvalue weighted by atomic mass is 9.84. The summed E-state index contributed by atoms with van der Waals surface area (Å²) in [5.41, 5.74) is 22.8. The van der Waals surface area contributed by atoms with Gasteiger partial charge in [0.2, 0.25) is 5.90 Å². The van der Waals surface area contributed by atoms with Crippen molar-refractivity contribution in [2.24, 2.45) is 36.3 Å². The smallest absolute Gasteiger partial charge is 0.284 e. The second kappa shape index (κ2) is 51.2. The van der Waals surface area contributed by atoms with Crippen molar-refractivity contribution in [2.45, 2.75) is 157 Å². The molecule has 5 heterocycles. The fourth-order valence-corrected chi connectivity index (χ4v) is 17.4. The van der Waals surface area contributed by atoms with E-state index in [2.05, 4.69) is 268 Å². The number of carbonyl (C=O) groups is 5. The van der Waals surface area contributed by atoms with E-state index in [9.17, 15) is 24.0 Å². The molecule has 0 bridgehead atoms. The molecule has 11 aromatic carbocycles. The Morgan fingerprint density at radius 3 is 0.902 bits per heavy atom. The topological polar surface area (TPSA) is 189 Å². The van der Waals surface area contributed by atoms with Crippen LogP contribution in [0.2, 0.25) is 0 Å². The van der Waals surface area contributed by atoms with Gasteiger partial charge in [-0.05, 0) is 274 Å². The molecule has 5 aliphatic heterocycles. The predicted molar refractivity (Wildman–Crippen MR) is 602 cm³/mol. The quantitative estimate of drug-likeness (QED) is 0.0297. The van der Waals surface area contributed by atoms with Crippen molar-refractivity contribution < 1.29 is 28.7 Å². The highest BCUT2D eigenvalue weighted by Gasteiger charge is 2.40. The van der Waals surface area contributed by atoms with E-state index in [1.54, 1.807) is 5.01 Å². The normalized spacial score (nSPS) is 15.4. The zero-order valence-electron chi connectivity index (χ0n) is 86.9. The molecule has 5 amide bonds. The van der Waals surface area contributed by atoms with Crippen LogP contribution in [0, 0.1) is 17.8 Å². The minimum Gasteiger partial charge on any atom is -0.479 e. The van der Waals surface area contributed by atoms with Gasteiger partial charge in [0.25, 0.3) is 29.5 Å². The number of unbranched alkanes of at least 4 members (excludes halogenated alkanes) is 3. The molecule has 0 saturated heterocycles. The molecule has 11 aromatic rings. The Morgan fingerprint density at radius 1 is 0.287 bits per heavy atom. The number of carbonyl (C=O) groups excluding carboxylic acids is 5. The molecule has 16 rings (SSSR count). The van der Waals surface area contributed by atoms with E-state index in [4.69, 9.17) is 14.9 Å². The second-order valence-corrected chi connectivity index (χ2v) is 37.0. The number of amides is 5. The lowest BCUT2D eigenvalue weighted by Crippen LogP contribution is -2.24. The highest BCUT2D eigenvalue weighted by Crippen LogP contribution is 2.38. The van der Waals surface area contributed by atoms with Gasteiger partial charge < -0.3 is 29.2 Å². The lowest BCUT2D eigenvalue weighted by molar-refractivity contribution is -0.115. The van der Waals surface area contributed by atoms with Crippen LogP contribution in [0.5, 0.6) is 0 Å². The average molecular weight is 1910 g/mol. The molecule has 21 nitrogen and oxygen atoms in total. The molecular weight excluding hydrogens is 1770 g/mol. The minimum absolute atomic E-state index is 0.0421. The zero-order valence-corrected chi connectivity index (χ0v) is 86.9. The molecular formula is C122H141N15O6. The number of anilines is 10. The summed E-state index contributed by atoms with van der Waals surface area (Å²) in [6.07, 6.45) is 15.2. The number of aryl methyl sites for hydroxylation is 1. The summed E-state index contributed by atoms with van der Waals surface area (Å²) in [4.78, 5) is 77.3. The van der Waals surface area contributed by atoms with Gasteiger partial charge in [0.1, 0.15) is 11.3 Å². The van der Waals surface area contributed by atoms with Crippen molar-refractivity contribution in [1.82, 2.24) is 0 Å². The number of hydrogen-bond acceptors (Lipinski definition) is 16. The highest BCUT2D eigenvalue weighted by atomic mass is 16.5. The highest BCUT2D eigenvalue weighted by molar-refractivity contribution is 6.38. The second-order valence-electron chi connectivity index (χ2n) is 37.0. The standard InChI is InChI=1S/C26H25N3O.C26H33N3O.C25H31N3O.C24H29N3O.C21H23N3O2/c1-3-28(4-2)22-17-15-20(16-18-22)19-24-25(21-11-7-5-8-12-21)27-29(26(24)30)23-13-9-6-10-14-23;1-4-7-8-12-15-25-24(26(30)29(27-25)23-13-10-9-11-14-23)20-21-16-18-22(19-17-21)28(5-2)6-3;1-7-27(8-2)21-15-14-19(18(3)16-21)17-22-23(25(4,5)6)26-28(24(22)29)20-12-10-9-11-13-20;1-6-26(7-2)19-15-13-18(14-16-19)17-21-22(24(3,4)5)25-27(23(21)28)20-11-9-8-10-12-20;1-4-23(5-2)17-13-11-16(12-14-17)15-19-20(26-3)22-24(21(19)25)18-9-7-6-8-10-18/h5-19H,3-4H2,1-2H3;9-11,13-14,16-20H,4-8,12,15H2,1-3H3;9-17H,7-8H2,1-6H3;8-17H,6-7H2,1-5H3;6-15H,4-5H2,1-3H3/b24-19-;24-20-;22-17-;21-17-;19-15-. The Bertz CT molecular complexity index is 6420. The molecule has 143 heavy (non-hydrogen) atoms. The Kier molecular flexibility index (Phi) is 38.1. The van der Waals surface area contributed by atoms with Gasteiger partial charge in [0, 0.05) is 110 Å².